The molecule has 24 nitrogen and oxygen atoms in total. The number of nitrogens with one attached hydrogen (secondary N) is 3. The van der Waals surface area contributed by atoms with Crippen LogP contribution in [-0.4, -0.2) is 277 Å². The first-order chi connectivity index (χ1) is 48.9. The van der Waals surface area contributed by atoms with Crippen molar-refractivity contribution in [3.63, 3.8) is 0 Å². The number of rotatable bonds is 12. The number of likely N-dealkylation sites (N-methyl/N-ethyl adjacent to an activating group) is 8. The second kappa shape index (κ2) is 36.6. The van der Waals surface area contributed by atoms with Crippen molar-refractivity contribution >= 4 is 70.9 Å². The number of amides is 12. The molecule has 0 aromatic carbocycles. The maximum absolute atomic E-state index is 15.5. The maximum Gasteiger partial charge on any atom is 0.397 e. The van der Waals surface area contributed by atoms with Crippen molar-refractivity contribution in [1.82, 2.24) is 60.0 Å². The summed E-state index contributed by atoms with van der Waals surface area (Å²) in [6, 6.07) is -9.83. The molecule has 4 saturated carbocycles. The van der Waals surface area contributed by atoms with E-state index in [-0.39, 0.29) is 83.7 Å². The van der Waals surface area contributed by atoms with Gasteiger partial charge in [0.15, 0.2) is 0 Å². The SMILES string of the molecule is CCC[C@H]1C(=O)N[C@@H]([C@@H](C)CC)C(=O)N(C)CC(=O)N(C)[C@H]2C/C=C\CCN(C2=O)[C@@H](CC2CCC(C(F)(F)F)CC2)C(=O)N(C)CC(=O)N[C@@H](CCC2CC(F)C(C(F)(F)F)C(F)C2)C(=O)N(CC)CC(=O)NC2(CC(C)(C)C2)C(=O)N(C)[C@@H](C2CCCC2)C(=O)N(C)[C@H](C(=O)N(C)C)CC(=O)N1C. The molecular weight excluding hydrogens is 1390 g/mol. The predicted octanol–water partition coefficient (Wildman–Crippen LogP) is 6.58. The molecule has 1 saturated heterocycles. The summed E-state index contributed by atoms with van der Waals surface area (Å²) in [7, 11) is 10.8. The first-order valence-electron chi connectivity index (χ1n) is 37.3. The van der Waals surface area contributed by atoms with Crippen LogP contribution in [0.4, 0.5) is 35.1 Å². The Bertz CT molecular complexity index is 3120. The van der Waals surface area contributed by atoms with Gasteiger partial charge in [0.2, 0.25) is 70.9 Å². The minimum atomic E-state index is -5.21. The van der Waals surface area contributed by atoms with Crippen molar-refractivity contribution in [3.8, 4) is 0 Å². The van der Waals surface area contributed by atoms with Crippen molar-refractivity contribution in [2.75, 3.05) is 89.1 Å². The van der Waals surface area contributed by atoms with Gasteiger partial charge >= 0.3 is 12.4 Å². The Labute approximate surface area is 612 Å². The van der Waals surface area contributed by atoms with E-state index in [1.165, 1.54) is 78.0 Å². The van der Waals surface area contributed by atoms with E-state index in [1.807, 2.05) is 13.8 Å². The Balaban J connectivity index is 1.45. The fourth-order valence-corrected chi connectivity index (χ4v) is 16.7. The van der Waals surface area contributed by atoms with Gasteiger partial charge in [0.25, 0.3) is 0 Å². The highest BCUT2D eigenvalue weighted by Gasteiger charge is 2.59. The molecule has 2 unspecified atom stereocenters. The van der Waals surface area contributed by atoms with Crippen molar-refractivity contribution < 1.29 is 92.7 Å². The first kappa shape index (κ1) is 86.7. The predicted molar refractivity (Wildman–Crippen MR) is 372 cm³/mol. The number of halogens is 8. The molecule has 10 atom stereocenters. The lowest BCUT2D eigenvalue weighted by Gasteiger charge is -2.54. The molecule has 4 aliphatic carbocycles. The zero-order valence-corrected chi connectivity index (χ0v) is 63.6. The van der Waals surface area contributed by atoms with E-state index in [9.17, 15) is 59.9 Å². The van der Waals surface area contributed by atoms with Crippen LogP contribution in [0.25, 0.3) is 0 Å². The van der Waals surface area contributed by atoms with E-state index >= 15 is 32.8 Å². The molecule has 1 spiro atoms. The number of alkyl halides is 8. The molecule has 0 aromatic heterocycles. The molecular formula is C73H114F8N12O12. The second-order valence-electron chi connectivity index (χ2n) is 31.6. The Morgan fingerprint density at radius 2 is 1.24 bits per heavy atom. The molecule has 6 rings (SSSR count). The third-order valence-electron chi connectivity index (χ3n) is 22.9. The summed E-state index contributed by atoms with van der Waals surface area (Å²) in [4.78, 5) is 189. The molecule has 3 N–H and O–H groups in total. The van der Waals surface area contributed by atoms with Crippen molar-refractivity contribution in [1.29, 1.82) is 0 Å². The van der Waals surface area contributed by atoms with E-state index in [2.05, 4.69) is 16.0 Å². The van der Waals surface area contributed by atoms with Crippen molar-refractivity contribution in [3.05, 3.63) is 12.2 Å². The van der Waals surface area contributed by atoms with Gasteiger partial charge in [0.05, 0.1) is 32.0 Å². The topological polar surface area (TPSA) is 270 Å². The Morgan fingerprint density at radius 3 is 1.78 bits per heavy atom. The molecule has 12 amide bonds. The van der Waals surface area contributed by atoms with Crippen LogP contribution in [0.3, 0.4) is 0 Å². The lowest BCUT2D eigenvalue weighted by atomic mass is 9.58. The Kier molecular flexibility index (Phi) is 30.2. The number of nitrogens with zero attached hydrogens (tertiary/aromatic N) is 9. The van der Waals surface area contributed by atoms with Crippen LogP contribution in [0.5, 0.6) is 0 Å². The lowest BCUT2D eigenvalue weighted by molar-refractivity contribution is -0.219. The second-order valence-corrected chi connectivity index (χ2v) is 31.6. The molecule has 32 heteroatoms. The highest BCUT2D eigenvalue weighted by Crippen LogP contribution is 2.50. The van der Waals surface area contributed by atoms with E-state index in [0.717, 1.165) is 29.4 Å². The van der Waals surface area contributed by atoms with E-state index in [0.29, 0.717) is 38.5 Å². The normalized spacial score (nSPS) is 31.1. The third-order valence-corrected chi connectivity index (χ3v) is 22.9. The summed E-state index contributed by atoms with van der Waals surface area (Å²) in [5.74, 6) is -16.8. The van der Waals surface area contributed by atoms with Gasteiger partial charge in [-0.05, 0) is 139 Å². The summed E-state index contributed by atoms with van der Waals surface area (Å²) in [6.45, 7) is 7.74. The van der Waals surface area contributed by atoms with Gasteiger partial charge in [0, 0.05) is 69.5 Å². The van der Waals surface area contributed by atoms with Crippen molar-refractivity contribution in [2.45, 2.75) is 249 Å². The number of carbonyl (C=O) groups is 12. The summed E-state index contributed by atoms with van der Waals surface area (Å²) in [6.07, 6.45) is -12.2. The van der Waals surface area contributed by atoms with Gasteiger partial charge in [-0.15, -0.1) is 0 Å². The monoisotopic (exact) mass is 1500 g/mol. The molecule has 105 heavy (non-hydrogen) atoms. The van der Waals surface area contributed by atoms with Crippen molar-refractivity contribution in [2.24, 2.45) is 40.9 Å². The fraction of sp³-hybridized carbons (Fsp3) is 0.808. The number of fused-ring (bicyclic) bond motifs is 2. The smallest absolute Gasteiger partial charge is 0.347 e. The minimum absolute atomic E-state index is 0.0000299. The van der Waals surface area contributed by atoms with Crippen LogP contribution in [-0.2, 0) is 57.5 Å². The van der Waals surface area contributed by atoms with Gasteiger partial charge in [-0.25, -0.2) is 8.78 Å². The molecule has 0 aromatic rings. The molecule has 5 fully saturated rings. The molecule has 2 aliphatic heterocycles. The molecule has 0 radical (unpaired) electrons. The van der Waals surface area contributed by atoms with Gasteiger partial charge in [0.1, 0.15) is 66.1 Å². The van der Waals surface area contributed by atoms with Crippen LogP contribution < -0.4 is 16.0 Å². The standard InChI is InChI=1S/C73H114F8N12O12/c1-15-23-51-62(98)83-60(43(4)16-2)67(103)87(10)40-58(97)89(12)52-26-19-18-22-33-93(66(52)102)54(36-44-27-30-47(31-28-44)72(76,77)78)65(101)86(9)38-55(94)82-50(32-29-45-34-48(74)59(49(75)35-45)73(79,80)81)63(99)92(17-3)39-56(95)84-71(41-70(5,6)42-71)69(105)91(14)61(46-24-20-21-25-46)68(104)90(13)53(64(100)85(7)8)37-57(96)88(51)11/h18-19,43-54,59-61H,15-17,20-42H2,1-14H3,(H,82,94)(H,83,98)(H,84,95)/b19-18-/t43-,44?,45?,47?,48?,49?,50-,51-,52-,53-,54-,59?,60-,61-/m0/s1. The van der Waals surface area contributed by atoms with E-state index in [4.69, 9.17) is 0 Å². The van der Waals surface area contributed by atoms with E-state index in [1.54, 1.807) is 32.9 Å². The number of hydrogen-bond acceptors (Lipinski definition) is 12. The van der Waals surface area contributed by atoms with Crippen LogP contribution in [0.15, 0.2) is 12.2 Å². The van der Waals surface area contributed by atoms with E-state index < -0.39 is 230 Å². The fourth-order valence-electron chi connectivity index (χ4n) is 16.7. The average molecular weight is 1500 g/mol. The largest absolute Gasteiger partial charge is 0.397 e. The quantitative estimate of drug-likeness (QED) is 0.138. The summed E-state index contributed by atoms with van der Waals surface area (Å²) in [5.41, 5.74) is -2.29. The van der Waals surface area contributed by atoms with Crippen LogP contribution in [0.1, 0.15) is 176 Å². The van der Waals surface area contributed by atoms with Crippen LogP contribution in [0, 0.1) is 40.9 Å². The number of carbonyl (C=O) groups excluding carboxylic acids is 12. The summed E-state index contributed by atoms with van der Waals surface area (Å²) in [5, 5.41) is 8.27. The van der Waals surface area contributed by atoms with Gasteiger partial charge in [-0.1, -0.05) is 72.5 Å². The lowest BCUT2D eigenvalue weighted by Crippen LogP contribution is -2.71. The Morgan fingerprint density at radius 1 is 0.638 bits per heavy atom. The number of hydrogen-bond donors (Lipinski definition) is 3. The zero-order valence-electron chi connectivity index (χ0n) is 63.6. The highest BCUT2D eigenvalue weighted by molar-refractivity contribution is 6.00. The highest BCUT2D eigenvalue weighted by atomic mass is 19.4. The summed E-state index contributed by atoms with van der Waals surface area (Å²) < 4.78 is 115. The van der Waals surface area contributed by atoms with Gasteiger partial charge in [-0.2, -0.15) is 26.3 Å². The molecule has 594 valence electrons. The van der Waals surface area contributed by atoms with Crippen LogP contribution >= 0.6 is 0 Å². The maximum atomic E-state index is 15.5. The van der Waals surface area contributed by atoms with Gasteiger partial charge in [-0.3, -0.25) is 57.5 Å². The molecule has 2 heterocycles. The van der Waals surface area contributed by atoms with Gasteiger partial charge < -0.3 is 60.0 Å². The molecule has 6 aliphatic rings. The first-order valence-corrected chi connectivity index (χ1v) is 37.3. The summed E-state index contributed by atoms with van der Waals surface area (Å²) >= 11 is 0. The van der Waals surface area contributed by atoms with Crippen LogP contribution in [0.2, 0.25) is 0 Å². The zero-order chi connectivity index (χ0) is 78.7. The average Bonchev–Trinajstić information content (AvgIpc) is 1.11. The minimum Gasteiger partial charge on any atom is -0.347 e. The third kappa shape index (κ3) is 21.6. The molecule has 2 bridgehead atoms. The Hall–Kier alpha value is -7.18.